The molecule has 0 aliphatic carbocycles. The normalized spacial score (nSPS) is 16.7. The van der Waals surface area contributed by atoms with Gasteiger partial charge in [0.2, 0.25) is 5.91 Å². The first-order valence-electron chi connectivity index (χ1n) is 8.75. The van der Waals surface area contributed by atoms with E-state index in [2.05, 4.69) is 15.6 Å². The van der Waals surface area contributed by atoms with Crippen LogP contribution >= 0.6 is 11.6 Å². The molecule has 27 heavy (non-hydrogen) atoms. The summed E-state index contributed by atoms with van der Waals surface area (Å²) >= 11 is 6.14. The molecule has 2 aromatic rings. The Balaban J connectivity index is 1.50. The van der Waals surface area contributed by atoms with Gasteiger partial charge in [-0.15, -0.1) is 5.10 Å². The molecule has 1 atom stereocenters. The van der Waals surface area contributed by atoms with Gasteiger partial charge in [-0.2, -0.15) is 0 Å². The molecule has 1 aliphatic rings. The van der Waals surface area contributed by atoms with Crippen LogP contribution in [0, 0.1) is 5.92 Å². The third-order valence-electron chi connectivity index (χ3n) is 4.47. The minimum absolute atomic E-state index is 0.0940. The smallest absolute Gasteiger partial charge is 0.273 e. The maximum atomic E-state index is 12.3. The van der Waals surface area contributed by atoms with Crippen molar-refractivity contribution in [1.29, 1.82) is 0 Å². The number of ether oxygens (including phenoxy) is 1. The quantitative estimate of drug-likeness (QED) is 0.730. The van der Waals surface area contributed by atoms with Gasteiger partial charge in [-0.25, -0.2) is 4.68 Å². The molecule has 1 aromatic carbocycles. The van der Waals surface area contributed by atoms with Crippen molar-refractivity contribution in [2.45, 2.75) is 13.0 Å². The Morgan fingerprint density at radius 2 is 2.22 bits per heavy atom. The number of likely N-dealkylation sites (tertiary alicyclic amines) is 1. The monoisotopic (exact) mass is 391 g/mol. The highest BCUT2D eigenvalue weighted by Crippen LogP contribution is 2.17. The Hall–Kier alpha value is -2.45. The average molecular weight is 392 g/mol. The van der Waals surface area contributed by atoms with Gasteiger partial charge in [0.15, 0.2) is 5.69 Å². The zero-order valence-electron chi connectivity index (χ0n) is 15.1. The van der Waals surface area contributed by atoms with Crippen LogP contribution in [0.1, 0.15) is 22.5 Å². The second-order valence-electron chi connectivity index (χ2n) is 6.51. The summed E-state index contributed by atoms with van der Waals surface area (Å²) in [7, 11) is 1.61. The lowest BCUT2D eigenvalue weighted by Gasteiger charge is -2.15. The first kappa shape index (κ1) is 19.3. The van der Waals surface area contributed by atoms with Gasteiger partial charge in [-0.3, -0.25) is 9.59 Å². The van der Waals surface area contributed by atoms with Crippen molar-refractivity contribution < 1.29 is 14.3 Å². The standard InChI is InChI=1S/C18H22ClN5O3/c1-27-7-6-23-10-13(8-17(23)25)9-20-18(26)16-12-24(22-21-16)11-14-4-2-3-5-15(14)19/h2-5,12-13H,6-11H2,1H3,(H,20,26)/t13-/m0/s1. The molecule has 0 bridgehead atoms. The fourth-order valence-corrected chi connectivity index (χ4v) is 3.21. The largest absolute Gasteiger partial charge is 0.383 e. The highest BCUT2D eigenvalue weighted by molar-refractivity contribution is 6.31. The van der Waals surface area contributed by atoms with E-state index in [9.17, 15) is 9.59 Å². The second kappa shape index (κ2) is 8.96. The van der Waals surface area contributed by atoms with Crippen molar-refractivity contribution in [2.75, 3.05) is 33.4 Å². The summed E-state index contributed by atoms with van der Waals surface area (Å²) < 4.78 is 6.58. The van der Waals surface area contributed by atoms with Crippen molar-refractivity contribution in [3.63, 3.8) is 0 Å². The van der Waals surface area contributed by atoms with Crippen molar-refractivity contribution in [3.8, 4) is 0 Å². The minimum Gasteiger partial charge on any atom is -0.383 e. The van der Waals surface area contributed by atoms with E-state index in [1.54, 1.807) is 29.0 Å². The Labute approximate surface area is 162 Å². The third-order valence-corrected chi connectivity index (χ3v) is 4.84. The van der Waals surface area contributed by atoms with E-state index >= 15 is 0 Å². The van der Waals surface area contributed by atoms with Crippen molar-refractivity contribution in [3.05, 3.63) is 46.7 Å². The van der Waals surface area contributed by atoms with Crippen molar-refractivity contribution in [1.82, 2.24) is 25.2 Å². The minimum atomic E-state index is -0.303. The number of rotatable bonds is 8. The molecule has 1 aliphatic heterocycles. The predicted molar refractivity (Wildman–Crippen MR) is 99.5 cm³/mol. The van der Waals surface area contributed by atoms with E-state index in [1.165, 1.54) is 0 Å². The van der Waals surface area contributed by atoms with E-state index in [0.29, 0.717) is 44.2 Å². The molecule has 2 amide bonds. The topological polar surface area (TPSA) is 89.3 Å². The zero-order valence-corrected chi connectivity index (χ0v) is 15.9. The maximum Gasteiger partial charge on any atom is 0.273 e. The van der Waals surface area contributed by atoms with Crippen LogP contribution in [-0.2, 0) is 16.1 Å². The summed E-state index contributed by atoms with van der Waals surface area (Å²) in [5.74, 6) is -0.114. The summed E-state index contributed by atoms with van der Waals surface area (Å²) in [4.78, 5) is 26.0. The Bertz CT molecular complexity index is 810. The van der Waals surface area contributed by atoms with Crippen LogP contribution < -0.4 is 5.32 Å². The van der Waals surface area contributed by atoms with Crippen molar-refractivity contribution >= 4 is 23.4 Å². The summed E-state index contributed by atoms with van der Waals surface area (Å²) in [6, 6.07) is 7.46. The molecule has 8 nitrogen and oxygen atoms in total. The molecule has 144 valence electrons. The summed E-state index contributed by atoms with van der Waals surface area (Å²) in [5.41, 5.74) is 1.14. The number of nitrogens with zero attached hydrogens (tertiary/aromatic N) is 4. The van der Waals surface area contributed by atoms with Crippen LogP contribution in [0.5, 0.6) is 0 Å². The highest BCUT2D eigenvalue weighted by atomic mass is 35.5. The van der Waals surface area contributed by atoms with Crippen LogP contribution in [0.25, 0.3) is 0 Å². The van der Waals surface area contributed by atoms with Crippen LogP contribution in [-0.4, -0.2) is 65.1 Å². The lowest BCUT2D eigenvalue weighted by atomic mass is 10.1. The fraction of sp³-hybridized carbons (Fsp3) is 0.444. The summed E-state index contributed by atoms with van der Waals surface area (Å²) in [5, 5.41) is 11.4. The lowest BCUT2D eigenvalue weighted by molar-refractivity contribution is -0.128. The molecule has 3 rings (SSSR count). The first-order chi connectivity index (χ1) is 13.1. The van der Waals surface area contributed by atoms with Gasteiger partial charge in [0.25, 0.3) is 5.91 Å². The molecule has 0 saturated carbocycles. The fourth-order valence-electron chi connectivity index (χ4n) is 3.02. The number of carbonyl (C=O) groups excluding carboxylic acids is 2. The maximum absolute atomic E-state index is 12.3. The van der Waals surface area contributed by atoms with Gasteiger partial charge in [-0.05, 0) is 11.6 Å². The Kier molecular flexibility index (Phi) is 6.41. The summed E-state index contributed by atoms with van der Waals surface area (Å²) in [6.45, 7) is 2.58. The molecule has 2 heterocycles. The van der Waals surface area contributed by atoms with Gasteiger partial charge in [0, 0.05) is 44.1 Å². The van der Waals surface area contributed by atoms with Crippen LogP contribution in [0.4, 0.5) is 0 Å². The molecule has 0 unspecified atom stereocenters. The number of amides is 2. The van der Waals surface area contributed by atoms with Crippen molar-refractivity contribution in [2.24, 2.45) is 5.92 Å². The first-order valence-corrected chi connectivity index (χ1v) is 9.13. The van der Waals surface area contributed by atoms with Gasteiger partial charge in [-0.1, -0.05) is 35.0 Å². The molecular formula is C18H22ClN5O3. The lowest BCUT2D eigenvalue weighted by Crippen LogP contribution is -2.32. The zero-order chi connectivity index (χ0) is 19.2. The van der Waals surface area contributed by atoms with Gasteiger partial charge >= 0.3 is 0 Å². The molecule has 1 N–H and O–H groups in total. The number of methoxy groups -OCH3 is 1. The third kappa shape index (κ3) is 5.05. The van der Waals surface area contributed by atoms with Gasteiger partial charge < -0.3 is 15.0 Å². The number of carbonyl (C=O) groups is 2. The molecule has 1 saturated heterocycles. The SMILES string of the molecule is COCCN1C[C@H](CNC(=O)c2cn(Cc3ccccc3Cl)nn2)CC1=O. The van der Waals surface area contributed by atoms with Gasteiger partial charge in [0.05, 0.1) is 19.3 Å². The molecule has 0 spiro atoms. The molecule has 0 radical (unpaired) electrons. The van der Waals surface area contributed by atoms with E-state index in [0.717, 1.165) is 5.56 Å². The van der Waals surface area contributed by atoms with Crippen LogP contribution in [0.15, 0.2) is 30.5 Å². The number of aromatic nitrogens is 3. The van der Waals surface area contributed by atoms with E-state index < -0.39 is 0 Å². The summed E-state index contributed by atoms with van der Waals surface area (Å²) in [6.07, 6.45) is 2.02. The van der Waals surface area contributed by atoms with E-state index in [-0.39, 0.29) is 23.4 Å². The predicted octanol–water partition coefficient (Wildman–Crippen LogP) is 1.20. The number of benzene rings is 1. The van der Waals surface area contributed by atoms with E-state index in [1.807, 2.05) is 18.2 Å². The molecular weight excluding hydrogens is 370 g/mol. The van der Waals surface area contributed by atoms with E-state index in [4.69, 9.17) is 16.3 Å². The molecule has 9 heteroatoms. The average Bonchev–Trinajstić information content (AvgIpc) is 3.26. The highest BCUT2D eigenvalue weighted by Gasteiger charge is 2.29. The number of hydrogen-bond acceptors (Lipinski definition) is 5. The number of nitrogens with one attached hydrogen (secondary N) is 1. The second-order valence-corrected chi connectivity index (χ2v) is 6.91. The molecule has 1 aromatic heterocycles. The van der Waals surface area contributed by atoms with Crippen LogP contribution in [0.3, 0.4) is 0 Å². The Morgan fingerprint density at radius 1 is 1.41 bits per heavy atom. The van der Waals surface area contributed by atoms with Crippen LogP contribution in [0.2, 0.25) is 5.02 Å². The number of halogens is 1. The molecule has 1 fully saturated rings. The number of hydrogen-bond donors (Lipinski definition) is 1. The Morgan fingerprint density at radius 3 is 3.00 bits per heavy atom. The van der Waals surface area contributed by atoms with Gasteiger partial charge in [0.1, 0.15) is 0 Å².